The highest BCUT2D eigenvalue weighted by molar-refractivity contribution is 5.74. The summed E-state index contributed by atoms with van der Waals surface area (Å²) in [5.74, 6) is 1.91. The molecular weight excluding hydrogens is 302 g/mol. The number of carbonyl (C=O) groups excluding carboxylic acids is 1. The average Bonchev–Trinajstić information content (AvgIpc) is 3.10. The Bertz CT molecular complexity index is 739. The monoisotopic (exact) mass is 325 g/mol. The van der Waals surface area contributed by atoms with E-state index in [4.69, 9.17) is 0 Å². The SMILES string of the molecule is O=C(NCc1nnc2n1CCCCC2)N[C@H]1CCc2ccccc21. The van der Waals surface area contributed by atoms with Crippen LogP contribution in [0.5, 0.6) is 0 Å². The second-order valence-corrected chi connectivity index (χ2v) is 6.61. The Hall–Kier alpha value is -2.37. The lowest BCUT2D eigenvalue weighted by atomic mass is 10.1. The van der Waals surface area contributed by atoms with Crippen molar-refractivity contribution in [3.05, 3.63) is 47.0 Å². The predicted octanol–water partition coefficient (Wildman–Crippen LogP) is 2.49. The molecule has 0 bridgehead atoms. The van der Waals surface area contributed by atoms with Crippen LogP contribution >= 0.6 is 0 Å². The number of benzene rings is 1. The number of nitrogens with one attached hydrogen (secondary N) is 2. The number of aryl methyl sites for hydroxylation is 2. The normalized spacial score (nSPS) is 19.2. The maximum absolute atomic E-state index is 12.3. The minimum Gasteiger partial charge on any atom is -0.331 e. The second-order valence-electron chi connectivity index (χ2n) is 6.61. The van der Waals surface area contributed by atoms with Crippen LogP contribution in [0.15, 0.2) is 24.3 Å². The van der Waals surface area contributed by atoms with E-state index in [1.807, 2.05) is 6.07 Å². The van der Waals surface area contributed by atoms with Crippen LogP contribution in [0.1, 0.15) is 54.5 Å². The maximum atomic E-state index is 12.3. The van der Waals surface area contributed by atoms with E-state index in [0.717, 1.165) is 43.9 Å². The van der Waals surface area contributed by atoms with E-state index < -0.39 is 0 Å². The van der Waals surface area contributed by atoms with Crippen LogP contribution in [0.4, 0.5) is 4.79 Å². The predicted molar refractivity (Wildman–Crippen MR) is 90.5 cm³/mol. The van der Waals surface area contributed by atoms with Crippen molar-refractivity contribution in [1.82, 2.24) is 25.4 Å². The van der Waals surface area contributed by atoms with Gasteiger partial charge in [-0.15, -0.1) is 10.2 Å². The lowest BCUT2D eigenvalue weighted by Gasteiger charge is -2.15. The van der Waals surface area contributed by atoms with E-state index in [0.29, 0.717) is 6.54 Å². The molecule has 6 nitrogen and oxygen atoms in total. The number of rotatable bonds is 3. The molecular formula is C18H23N5O. The van der Waals surface area contributed by atoms with Crippen molar-refractivity contribution in [2.75, 3.05) is 0 Å². The third kappa shape index (κ3) is 3.00. The topological polar surface area (TPSA) is 71.8 Å². The zero-order chi connectivity index (χ0) is 16.4. The van der Waals surface area contributed by atoms with Crippen molar-refractivity contribution in [3.8, 4) is 0 Å². The Kier molecular flexibility index (Phi) is 4.19. The summed E-state index contributed by atoms with van der Waals surface area (Å²) in [6.07, 6.45) is 6.54. The Labute approximate surface area is 141 Å². The molecule has 4 rings (SSSR count). The average molecular weight is 325 g/mol. The van der Waals surface area contributed by atoms with Crippen molar-refractivity contribution in [2.45, 2.75) is 57.7 Å². The molecule has 2 aliphatic rings. The summed E-state index contributed by atoms with van der Waals surface area (Å²) in [6, 6.07) is 8.30. The summed E-state index contributed by atoms with van der Waals surface area (Å²) in [4.78, 5) is 12.3. The van der Waals surface area contributed by atoms with Crippen LogP contribution in [0.3, 0.4) is 0 Å². The Morgan fingerprint density at radius 3 is 3.04 bits per heavy atom. The quantitative estimate of drug-likeness (QED) is 0.911. The fraction of sp³-hybridized carbons (Fsp3) is 0.500. The largest absolute Gasteiger partial charge is 0.331 e. The summed E-state index contributed by atoms with van der Waals surface area (Å²) in [6.45, 7) is 1.38. The zero-order valence-corrected chi connectivity index (χ0v) is 13.8. The van der Waals surface area contributed by atoms with E-state index in [-0.39, 0.29) is 12.1 Å². The van der Waals surface area contributed by atoms with Gasteiger partial charge in [-0.1, -0.05) is 30.7 Å². The number of hydrogen-bond donors (Lipinski definition) is 2. The molecule has 1 atom stereocenters. The standard InChI is InChI=1S/C18H23N5O/c24-18(20-15-10-9-13-6-3-4-7-14(13)15)19-12-17-22-21-16-8-2-1-5-11-23(16)17/h3-4,6-7,15H,1-2,5,8-12H2,(H2,19,20,24)/t15-/m0/s1. The van der Waals surface area contributed by atoms with Gasteiger partial charge in [0.25, 0.3) is 0 Å². The molecule has 0 saturated heterocycles. The molecule has 2 heterocycles. The fourth-order valence-corrected chi connectivity index (χ4v) is 3.75. The van der Waals surface area contributed by atoms with E-state index in [9.17, 15) is 4.79 Å². The van der Waals surface area contributed by atoms with Crippen molar-refractivity contribution >= 4 is 6.03 Å². The number of carbonyl (C=O) groups is 1. The fourth-order valence-electron chi connectivity index (χ4n) is 3.75. The minimum atomic E-state index is -0.136. The molecule has 1 aromatic heterocycles. The van der Waals surface area contributed by atoms with Gasteiger partial charge < -0.3 is 15.2 Å². The molecule has 0 radical (unpaired) electrons. The molecule has 0 fully saturated rings. The first-order chi connectivity index (χ1) is 11.8. The van der Waals surface area contributed by atoms with E-state index in [1.165, 1.54) is 24.0 Å². The molecule has 0 spiro atoms. The van der Waals surface area contributed by atoms with Gasteiger partial charge in [-0.25, -0.2) is 4.79 Å². The van der Waals surface area contributed by atoms with Gasteiger partial charge in [-0.05, 0) is 36.8 Å². The van der Waals surface area contributed by atoms with Gasteiger partial charge in [-0.2, -0.15) is 0 Å². The molecule has 0 saturated carbocycles. The first-order valence-corrected chi connectivity index (χ1v) is 8.84. The smallest absolute Gasteiger partial charge is 0.315 e. The molecule has 1 aliphatic heterocycles. The van der Waals surface area contributed by atoms with Gasteiger partial charge in [0, 0.05) is 13.0 Å². The number of aromatic nitrogens is 3. The van der Waals surface area contributed by atoms with Crippen LogP contribution in [-0.4, -0.2) is 20.8 Å². The molecule has 1 aromatic carbocycles. The third-order valence-electron chi connectivity index (χ3n) is 5.03. The number of fused-ring (bicyclic) bond motifs is 2. The van der Waals surface area contributed by atoms with Crippen LogP contribution < -0.4 is 10.6 Å². The number of hydrogen-bond acceptors (Lipinski definition) is 3. The molecule has 0 unspecified atom stereocenters. The summed E-state index contributed by atoms with van der Waals surface area (Å²) < 4.78 is 2.16. The highest BCUT2D eigenvalue weighted by Crippen LogP contribution is 2.30. The van der Waals surface area contributed by atoms with Gasteiger partial charge in [0.05, 0.1) is 12.6 Å². The number of nitrogens with zero attached hydrogens (tertiary/aromatic N) is 3. The van der Waals surface area contributed by atoms with Gasteiger partial charge in [0.1, 0.15) is 5.82 Å². The lowest BCUT2D eigenvalue weighted by Crippen LogP contribution is -2.37. The molecule has 6 heteroatoms. The summed E-state index contributed by atoms with van der Waals surface area (Å²) >= 11 is 0. The molecule has 126 valence electrons. The summed E-state index contributed by atoms with van der Waals surface area (Å²) in [5.41, 5.74) is 2.58. The summed E-state index contributed by atoms with van der Waals surface area (Å²) in [7, 11) is 0. The number of urea groups is 1. The second kappa shape index (κ2) is 6.63. The third-order valence-corrected chi connectivity index (χ3v) is 5.03. The van der Waals surface area contributed by atoms with E-state index >= 15 is 0 Å². The first kappa shape index (κ1) is 15.2. The first-order valence-electron chi connectivity index (χ1n) is 8.84. The highest BCUT2D eigenvalue weighted by Gasteiger charge is 2.23. The molecule has 1 aliphatic carbocycles. The van der Waals surface area contributed by atoms with Crippen LogP contribution in [0.2, 0.25) is 0 Å². The Balaban J connectivity index is 1.35. The van der Waals surface area contributed by atoms with Crippen LogP contribution in [-0.2, 0) is 25.9 Å². The highest BCUT2D eigenvalue weighted by atomic mass is 16.2. The summed E-state index contributed by atoms with van der Waals surface area (Å²) in [5, 5.41) is 14.5. The molecule has 24 heavy (non-hydrogen) atoms. The Morgan fingerprint density at radius 1 is 1.17 bits per heavy atom. The van der Waals surface area contributed by atoms with E-state index in [2.05, 4.69) is 43.6 Å². The van der Waals surface area contributed by atoms with E-state index in [1.54, 1.807) is 0 Å². The van der Waals surface area contributed by atoms with Gasteiger partial charge >= 0.3 is 6.03 Å². The molecule has 2 aromatic rings. The Morgan fingerprint density at radius 2 is 2.08 bits per heavy atom. The number of amides is 2. The molecule has 2 N–H and O–H groups in total. The van der Waals surface area contributed by atoms with Crippen molar-refractivity contribution < 1.29 is 4.79 Å². The van der Waals surface area contributed by atoms with Crippen LogP contribution in [0.25, 0.3) is 0 Å². The van der Waals surface area contributed by atoms with Gasteiger partial charge in [0.15, 0.2) is 5.82 Å². The van der Waals surface area contributed by atoms with Gasteiger partial charge in [0.2, 0.25) is 0 Å². The lowest BCUT2D eigenvalue weighted by molar-refractivity contribution is 0.236. The maximum Gasteiger partial charge on any atom is 0.315 e. The van der Waals surface area contributed by atoms with Crippen molar-refractivity contribution in [1.29, 1.82) is 0 Å². The van der Waals surface area contributed by atoms with Crippen molar-refractivity contribution in [3.63, 3.8) is 0 Å². The van der Waals surface area contributed by atoms with Gasteiger partial charge in [-0.3, -0.25) is 0 Å². The van der Waals surface area contributed by atoms with Crippen molar-refractivity contribution in [2.24, 2.45) is 0 Å². The minimum absolute atomic E-state index is 0.108. The van der Waals surface area contributed by atoms with Crippen LogP contribution in [0, 0.1) is 0 Å². The zero-order valence-electron chi connectivity index (χ0n) is 13.8. The molecule has 2 amide bonds.